The molecule has 0 aliphatic rings. The predicted molar refractivity (Wildman–Crippen MR) is 97.7 cm³/mol. The Labute approximate surface area is 168 Å². The number of nitrogens with one attached hydrogen (secondary N) is 1. The lowest BCUT2D eigenvalue weighted by molar-refractivity contribution is -0.164. The van der Waals surface area contributed by atoms with Gasteiger partial charge in [-0.1, -0.05) is 0 Å². The van der Waals surface area contributed by atoms with Crippen LogP contribution >= 0.6 is 0 Å². The summed E-state index contributed by atoms with van der Waals surface area (Å²) in [6.45, 7) is -0.204. The molecular weight excluding hydrogens is 390 g/mol. The van der Waals surface area contributed by atoms with Crippen molar-refractivity contribution in [3.05, 3.63) is 17.7 Å². The monoisotopic (exact) mass is 415 g/mol. The van der Waals surface area contributed by atoms with Crippen molar-refractivity contribution in [2.24, 2.45) is 0 Å². The van der Waals surface area contributed by atoms with Crippen molar-refractivity contribution < 1.29 is 47.5 Å². The van der Waals surface area contributed by atoms with Crippen LogP contribution in [0.15, 0.2) is 12.1 Å². The number of hydrogen-bond acceptors (Lipinski definition) is 10. The molecule has 1 rings (SSSR count). The molecule has 0 radical (unpaired) electrons. The van der Waals surface area contributed by atoms with Crippen LogP contribution in [0.4, 0.5) is 0 Å². The van der Waals surface area contributed by atoms with Crippen molar-refractivity contribution in [3.63, 3.8) is 0 Å². The molecule has 0 fully saturated rings. The van der Waals surface area contributed by atoms with Crippen molar-refractivity contribution in [2.45, 2.75) is 12.0 Å². The SMILES string of the molecule is COCOc1cc(CC(NC=O)(C(=O)OC)C(=O)OC)cc(OCOC)c1OC. The van der Waals surface area contributed by atoms with E-state index in [4.69, 9.17) is 33.2 Å². The van der Waals surface area contributed by atoms with Crippen LogP contribution < -0.4 is 19.5 Å². The van der Waals surface area contributed by atoms with E-state index in [0.29, 0.717) is 5.56 Å². The lowest BCUT2D eigenvalue weighted by atomic mass is 9.90. The van der Waals surface area contributed by atoms with Gasteiger partial charge in [0.1, 0.15) is 0 Å². The molecule has 0 bridgehead atoms. The minimum absolute atomic E-state index is 0.102. The van der Waals surface area contributed by atoms with Crippen LogP contribution in [0, 0.1) is 0 Å². The number of ether oxygens (including phenoxy) is 7. The molecule has 29 heavy (non-hydrogen) atoms. The highest BCUT2D eigenvalue weighted by molar-refractivity contribution is 6.06. The molecule has 0 spiro atoms. The van der Waals surface area contributed by atoms with Gasteiger partial charge in [-0.3, -0.25) is 4.79 Å². The maximum absolute atomic E-state index is 12.4. The number of rotatable bonds is 13. The molecule has 11 nitrogen and oxygen atoms in total. The first-order valence-electron chi connectivity index (χ1n) is 8.26. The van der Waals surface area contributed by atoms with E-state index in [1.54, 1.807) is 0 Å². The van der Waals surface area contributed by atoms with Gasteiger partial charge in [-0.15, -0.1) is 0 Å². The van der Waals surface area contributed by atoms with Crippen molar-refractivity contribution in [1.82, 2.24) is 5.32 Å². The second-order valence-corrected chi connectivity index (χ2v) is 5.55. The number of carbonyl (C=O) groups excluding carboxylic acids is 3. The van der Waals surface area contributed by atoms with Crippen molar-refractivity contribution in [3.8, 4) is 17.2 Å². The molecule has 11 heteroatoms. The number of esters is 2. The summed E-state index contributed by atoms with van der Waals surface area (Å²) in [7, 11) is 6.45. The van der Waals surface area contributed by atoms with Crippen LogP contribution in [-0.4, -0.2) is 73.0 Å². The van der Waals surface area contributed by atoms with Crippen LogP contribution in [0.1, 0.15) is 5.56 Å². The van der Waals surface area contributed by atoms with Crippen LogP contribution in [0.5, 0.6) is 17.2 Å². The molecule has 162 valence electrons. The molecule has 1 amide bonds. The average molecular weight is 415 g/mol. The first kappa shape index (κ1) is 24.0. The van der Waals surface area contributed by atoms with Crippen molar-refractivity contribution in [1.29, 1.82) is 0 Å². The van der Waals surface area contributed by atoms with E-state index >= 15 is 0 Å². The number of benzene rings is 1. The third kappa shape index (κ3) is 5.72. The van der Waals surface area contributed by atoms with Crippen molar-refractivity contribution in [2.75, 3.05) is 49.1 Å². The fourth-order valence-electron chi connectivity index (χ4n) is 2.55. The largest absolute Gasteiger partial charge is 0.490 e. The third-order valence-corrected chi connectivity index (χ3v) is 3.79. The van der Waals surface area contributed by atoms with Crippen LogP contribution in [0.2, 0.25) is 0 Å². The van der Waals surface area contributed by atoms with Gasteiger partial charge in [0.05, 0.1) is 21.3 Å². The van der Waals surface area contributed by atoms with Gasteiger partial charge < -0.3 is 38.5 Å². The smallest absolute Gasteiger partial charge is 0.343 e. The molecule has 0 aromatic heterocycles. The zero-order valence-corrected chi connectivity index (χ0v) is 16.9. The van der Waals surface area contributed by atoms with Gasteiger partial charge in [-0.25, -0.2) is 9.59 Å². The molecule has 0 unspecified atom stereocenters. The van der Waals surface area contributed by atoms with Gasteiger partial charge in [0, 0.05) is 20.6 Å². The highest BCUT2D eigenvalue weighted by Gasteiger charge is 2.49. The average Bonchev–Trinajstić information content (AvgIpc) is 2.74. The summed E-state index contributed by atoms with van der Waals surface area (Å²) in [5, 5.41) is 2.21. The number of hydrogen-bond donors (Lipinski definition) is 1. The van der Waals surface area contributed by atoms with E-state index in [1.165, 1.54) is 33.5 Å². The second-order valence-electron chi connectivity index (χ2n) is 5.55. The van der Waals surface area contributed by atoms with Gasteiger partial charge >= 0.3 is 11.9 Å². The Morgan fingerprint density at radius 2 is 1.41 bits per heavy atom. The molecule has 0 saturated carbocycles. The topological polar surface area (TPSA) is 128 Å². The van der Waals surface area contributed by atoms with Gasteiger partial charge in [0.25, 0.3) is 0 Å². The maximum atomic E-state index is 12.4. The van der Waals surface area contributed by atoms with Gasteiger partial charge in [-0.05, 0) is 17.7 Å². The summed E-state index contributed by atoms with van der Waals surface area (Å²) in [5.41, 5.74) is -1.75. The summed E-state index contributed by atoms with van der Waals surface area (Å²) < 4.78 is 35.6. The van der Waals surface area contributed by atoms with Gasteiger partial charge in [-0.2, -0.15) is 0 Å². The maximum Gasteiger partial charge on any atom is 0.343 e. The van der Waals surface area contributed by atoms with E-state index in [0.717, 1.165) is 14.2 Å². The minimum Gasteiger partial charge on any atom is -0.490 e. The van der Waals surface area contributed by atoms with E-state index in [1.807, 2.05) is 0 Å². The Morgan fingerprint density at radius 3 is 1.76 bits per heavy atom. The quantitative estimate of drug-likeness (QED) is 0.204. The Morgan fingerprint density at radius 1 is 0.931 bits per heavy atom. The molecule has 0 aliphatic carbocycles. The van der Waals surface area contributed by atoms with Crippen LogP contribution in [0.3, 0.4) is 0 Å². The molecule has 0 aliphatic heterocycles. The minimum atomic E-state index is -2.11. The molecule has 0 atom stereocenters. The zero-order valence-electron chi connectivity index (χ0n) is 16.9. The molecule has 1 N–H and O–H groups in total. The predicted octanol–water partition coefficient (Wildman–Crippen LogP) is 0.0339. The number of amides is 1. The summed E-state index contributed by atoms with van der Waals surface area (Å²) >= 11 is 0. The highest BCUT2D eigenvalue weighted by Crippen LogP contribution is 2.39. The van der Waals surface area contributed by atoms with Crippen LogP contribution in [0.25, 0.3) is 0 Å². The number of methoxy groups -OCH3 is 5. The Bertz CT molecular complexity index is 661. The standard InChI is InChI=1S/C18H25NO10/c1-23-10-28-13-6-12(7-14(15(13)25-3)29-11-24-2)8-18(19-9-20,16(21)26-4)17(22)27-5/h6-7,9H,8,10-11H2,1-5H3,(H,19,20). The third-order valence-electron chi connectivity index (χ3n) is 3.79. The van der Waals surface area contributed by atoms with E-state index in [-0.39, 0.29) is 43.7 Å². The fraction of sp³-hybridized carbons (Fsp3) is 0.500. The van der Waals surface area contributed by atoms with Crippen molar-refractivity contribution >= 4 is 18.3 Å². The van der Waals surface area contributed by atoms with E-state index in [2.05, 4.69) is 5.32 Å². The summed E-state index contributed by atoms with van der Waals surface area (Å²) in [5.74, 6) is -1.34. The van der Waals surface area contributed by atoms with E-state index < -0.39 is 17.5 Å². The number of carbonyl (C=O) groups is 3. The normalized spacial score (nSPS) is 10.7. The first-order valence-corrected chi connectivity index (χ1v) is 8.26. The van der Waals surface area contributed by atoms with E-state index in [9.17, 15) is 14.4 Å². The lowest BCUT2D eigenvalue weighted by Crippen LogP contribution is -2.60. The molecule has 0 saturated heterocycles. The van der Waals surface area contributed by atoms with Gasteiger partial charge in [0.15, 0.2) is 25.1 Å². The molecule has 1 aromatic rings. The molecule has 1 aromatic carbocycles. The highest BCUT2D eigenvalue weighted by atomic mass is 16.7. The van der Waals surface area contributed by atoms with Crippen LogP contribution in [-0.2, 0) is 39.8 Å². The first-order chi connectivity index (χ1) is 13.9. The Hall–Kier alpha value is -3.05. The molecular formula is C18H25NO10. The Kier molecular flexibility index (Phi) is 9.69. The summed E-state index contributed by atoms with van der Waals surface area (Å²) in [6.07, 6.45) is -0.107. The summed E-state index contributed by atoms with van der Waals surface area (Å²) in [6, 6.07) is 3.01. The summed E-state index contributed by atoms with van der Waals surface area (Å²) in [4.78, 5) is 35.9. The second kappa shape index (κ2) is 11.7. The van der Waals surface area contributed by atoms with Gasteiger partial charge in [0.2, 0.25) is 17.7 Å². The molecule has 0 heterocycles. The Balaban J connectivity index is 3.52. The zero-order chi connectivity index (χ0) is 21.9. The fourth-order valence-corrected chi connectivity index (χ4v) is 2.55. The lowest BCUT2D eigenvalue weighted by Gasteiger charge is -2.28.